The number of amides is 1. The summed E-state index contributed by atoms with van der Waals surface area (Å²) >= 11 is 5.73. The Bertz CT molecular complexity index is 565. The molecule has 1 N–H and O–H groups in total. The largest absolute Gasteiger partial charge is 0.392 e. The molecule has 1 saturated heterocycles. The van der Waals surface area contributed by atoms with Gasteiger partial charge in [0.1, 0.15) is 5.82 Å². The second kappa shape index (κ2) is 5.58. The molecule has 21 heavy (non-hydrogen) atoms. The highest BCUT2D eigenvalue weighted by molar-refractivity contribution is 6.30. The molecule has 0 aromatic heterocycles. The van der Waals surface area contributed by atoms with Gasteiger partial charge in [-0.2, -0.15) is 0 Å². The first-order valence-corrected chi connectivity index (χ1v) is 7.82. The van der Waals surface area contributed by atoms with Crippen LogP contribution in [0.25, 0.3) is 0 Å². The second-order valence-electron chi connectivity index (χ2n) is 6.22. The van der Waals surface area contributed by atoms with Crippen LogP contribution in [0, 0.1) is 11.2 Å². The number of benzene rings is 1. The molecule has 2 aliphatic rings. The maximum absolute atomic E-state index is 13.9. The molecule has 114 valence electrons. The molecule has 1 amide bonds. The fraction of sp³-hybridized carbons (Fsp3) is 0.562. The van der Waals surface area contributed by atoms with E-state index in [0.29, 0.717) is 13.1 Å². The standard InChI is InChI=1S/C16H19ClFNO2/c17-11-4-5-12(13(18)9-11)15(21)19-8-2-7-16(10-19)6-1-3-14(16)20/h4-5,9,14,20H,1-3,6-8,10H2/t14-,16+/m1/s1. The predicted octanol–water partition coefficient (Wildman–Crippen LogP) is 3.25. The Kier molecular flexibility index (Phi) is 3.93. The third kappa shape index (κ3) is 2.67. The molecule has 1 aliphatic heterocycles. The van der Waals surface area contributed by atoms with Crippen molar-refractivity contribution in [3.8, 4) is 0 Å². The molecule has 0 bridgehead atoms. The molecule has 5 heteroatoms. The monoisotopic (exact) mass is 311 g/mol. The number of hydrogen-bond acceptors (Lipinski definition) is 2. The van der Waals surface area contributed by atoms with E-state index in [1.165, 1.54) is 18.2 Å². The van der Waals surface area contributed by atoms with Crippen LogP contribution in [0.15, 0.2) is 18.2 Å². The summed E-state index contributed by atoms with van der Waals surface area (Å²) in [6.45, 7) is 1.14. The van der Waals surface area contributed by atoms with Gasteiger partial charge in [-0.1, -0.05) is 18.0 Å². The zero-order valence-corrected chi connectivity index (χ0v) is 12.6. The van der Waals surface area contributed by atoms with Gasteiger partial charge in [-0.15, -0.1) is 0 Å². The van der Waals surface area contributed by atoms with Gasteiger partial charge in [0.2, 0.25) is 0 Å². The lowest BCUT2D eigenvalue weighted by atomic mass is 9.76. The molecule has 1 aromatic carbocycles. The Balaban J connectivity index is 1.81. The number of rotatable bonds is 1. The number of hydrogen-bond donors (Lipinski definition) is 1. The van der Waals surface area contributed by atoms with Crippen LogP contribution in [0.3, 0.4) is 0 Å². The molecule has 2 atom stereocenters. The van der Waals surface area contributed by atoms with Gasteiger partial charge in [-0.3, -0.25) is 4.79 Å². The molecular weight excluding hydrogens is 293 g/mol. The van der Waals surface area contributed by atoms with E-state index >= 15 is 0 Å². The van der Waals surface area contributed by atoms with Crippen molar-refractivity contribution in [3.63, 3.8) is 0 Å². The van der Waals surface area contributed by atoms with Crippen LogP contribution in [0.5, 0.6) is 0 Å². The van der Waals surface area contributed by atoms with Crippen molar-refractivity contribution in [3.05, 3.63) is 34.6 Å². The van der Waals surface area contributed by atoms with Crippen LogP contribution in [0.2, 0.25) is 5.02 Å². The Morgan fingerprint density at radius 3 is 2.81 bits per heavy atom. The van der Waals surface area contributed by atoms with Crippen molar-refractivity contribution in [1.82, 2.24) is 4.90 Å². The van der Waals surface area contributed by atoms with E-state index < -0.39 is 5.82 Å². The quantitative estimate of drug-likeness (QED) is 0.865. The SMILES string of the molecule is O=C(c1ccc(Cl)cc1F)N1CCC[C@@]2(CCC[C@H]2O)C1. The lowest BCUT2D eigenvalue weighted by Crippen LogP contribution is -2.49. The van der Waals surface area contributed by atoms with E-state index in [1.807, 2.05) is 0 Å². The molecule has 1 saturated carbocycles. The summed E-state index contributed by atoms with van der Waals surface area (Å²) in [7, 11) is 0. The van der Waals surface area contributed by atoms with E-state index in [2.05, 4.69) is 0 Å². The van der Waals surface area contributed by atoms with Gasteiger partial charge in [0.15, 0.2) is 0 Å². The summed E-state index contributed by atoms with van der Waals surface area (Å²) in [5, 5.41) is 10.5. The molecule has 1 aromatic rings. The Morgan fingerprint density at radius 1 is 1.38 bits per heavy atom. The first kappa shape index (κ1) is 14.8. The maximum atomic E-state index is 13.9. The number of aliphatic hydroxyl groups excluding tert-OH is 1. The lowest BCUT2D eigenvalue weighted by Gasteiger charge is -2.42. The molecule has 0 radical (unpaired) electrons. The Labute approximate surface area is 128 Å². The molecular formula is C16H19ClFNO2. The van der Waals surface area contributed by atoms with Crippen molar-refractivity contribution in [2.45, 2.75) is 38.2 Å². The summed E-state index contributed by atoms with van der Waals surface area (Å²) in [4.78, 5) is 14.2. The van der Waals surface area contributed by atoms with Crippen LogP contribution in [0.1, 0.15) is 42.5 Å². The fourth-order valence-electron chi connectivity index (χ4n) is 3.76. The van der Waals surface area contributed by atoms with Crippen LogP contribution in [-0.4, -0.2) is 35.1 Å². The summed E-state index contributed by atoms with van der Waals surface area (Å²) in [5.41, 5.74) is -0.125. The second-order valence-corrected chi connectivity index (χ2v) is 6.66. The molecule has 1 spiro atoms. The van der Waals surface area contributed by atoms with Gasteiger partial charge in [-0.05, 0) is 43.9 Å². The average Bonchev–Trinajstić information content (AvgIpc) is 2.79. The molecule has 0 unspecified atom stereocenters. The van der Waals surface area contributed by atoms with E-state index in [1.54, 1.807) is 4.90 Å². The highest BCUT2D eigenvalue weighted by Crippen LogP contribution is 2.45. The van der Waals surface area contributed by atoms with Gasteiger partial charge in [0.05, 0.1) is 11.7 Å². The van der Waals surface area contributed by atoms with Crippen LogP contribution in [0.4, 0.5) is 4.39 Å². The number of halogens is 2. The number of nitrogens with zero attached hydrogens (tertiary/aromatic N) is 1. The number of piperidine rings is 1. The van der Waals surface area contributed by atoms with Crippen molar-refractivity contribution in [2.24, 2.45) is 5.41 Å². The molecule has 3 nitrogen and oxygen atoms in total. The third-order valence-electron chi connectivity index (χ3n) is 4.92. The number of carbonyl (C=O) groups excluding carboxylic acids is 1. The first-order valence-electron chi connectivity index (χ1n) is 7.44. The molecule has 1 heterocycles. The maximum Gasteiger partial charge on any atom is 0.256 e. The fourth-order valence-corrected chi connectivity index (χ4v) is 3.92. The van der Waals surface area contributed by atoms with Gasteiger partial charge >= 0.3 is 0 Å². The van der Waals surface area contributed by atoms with Crippen molar-refractivity contribution in [1.29, 1.82) is 0 Å². The van der Waals surface area contributed by atoms with Gasteiger partial charge in [0, 0.05) is 23.5 Å². The summed E-state index contributed by atoms with van der Waals surface area (Å²) in [5.74, 6) is -0.888. The van der Waals surface area contributed by atoms with Crippen LogP contribution < -0.4 is 0 Å². The normalized spacial score (nSPS) is 29.1. The molecule has 1 aliphatic carbocycles. The zero-order chi connectivity index (χ0) is 15.0. The number of carbonyl (C=O) groups is 1. The van der Waals surface area contributed by atoms with Crippen molar-refractivity contribution in [2.75, 3.05) is 13.1 Å². The minimum atomic E-state index is -0.584. The first-order chi connectivity index (χ1) is 10.0. The molecule has 2 fully saturated rings. The third-order valence-corrected chi connectivity index (χ3v) is 5.15. The molecule has 3 rings (SSSR count). The van der Waals surface area contributed by atoms with E-state index in [9.17, 15) is 14.3 Å². The van der Waals surface area contributed by atoms with Gasteiger partial charge in [-0.25, -0.2) is 4.39 Å². The van der Waals surface area contributed by atoms with Crippen molar-refractivity contribution >= 4 is 17.5 Å². The lowest BCUT2D eigenvalue weighted by molar-refractivity contribution is -0.00549. The van der Waals surface area contributed by atoms with E-state index in [0.717, 1.165) is 32.1 Å². The summed E-state index contributed by atoms with van der Waals surface area (Å²) in [6, 6.07) is 4.13. The van der Waals surface area contributed by atoms with E-state index in [-0.39, 0.29) is 28.0 Å². The van der Waals surface area contributed by atoms with Crippen molar-refractivity contribution < 1.29 is 14.3 Å². The van der Waals surface area contributed by atoms with E-state index in [4.69, 9.17) is 11.6 Å². The van der Waals surface area contributed by atoms with Crippen LogP contribution in [-0.2, 0) is 0 Å². The average molecular weight is 312 g/mol. The topological polar surface area (TPSA) is 40.5 Å². The highest BCUT2D eigenvalue weighted by atomic mass is 35.5. The Morgan fingerprint density at radius 2 is 2.14 bits per heavy atom. The van der Waals surface area contributed by atoms with Gasteiger partial charge < -0.3 is 10.0 Å². The van der Waals surface area contributed by atoms with Gasteiger partial charge in [0.25, 0.3) is 5.91 Å². The Hall–Kier alpha value is -1.13. The zero-order valence-electron chi connectivity index (χ0n) is 11.8. The highest BCUT2D eigenvalue weighted by Gasteiger charge is 2.45. The summed E-state index contributed by atoms with van der Waals surface area (Å²) < 4.78 is 13.9. The predicted molar refractivity (Wildman–Crippen MR) is 78.8 cm³/mol. The van der Waals surface area contributed by atoms with Crippen LogP contribution >= 0.6 is 11.6 Å². The number of aliphatic hydroxyl groups is 1. The minimum Gasteiger partial charge on any atom is -0.392 e. The summed E-state index contributed by atoms with van der Waals surface area (Å²) in [6.07, 6.45) is 4.21. The minimum absolute atomic E-state index is 0.0592. The smallest absolute Gasteiger partial charge is 0.256 e. The number of likely N-dealkylation sites (tertiary alicyclic amines) is 1.